The number of hydrogen-bond donors (Lipinski definition) is 2. The van der Waals surface area contributed by atoms with Gasteiger partial charge in [-0.15, -0.1) is 0 Å². The van der Waals surface area contributed by atoms with E-state index in [1.807, 2.05) is 7.05 Å². The van der Waals surface area contributed by atoms with E-state index < -0.39 is 0 Å². The van der Waals surface area contributed by atoms with Crippen LogP contribution >= 0.6 is 0 Å². The zero-order valence-electron chi connectivity index (χ0n) is 11.0. The molecule has 19 heavy (non-hydrogen) atoms. The summed E-state index contributed by atoms with van der Waals surface area (Å²) >= 11 is 0. The fraction of sp³-hybridized carbons (Fsp3) is 0.188. The largest absolute Gasteiger partial charge is 0.345 e. The Morgan fingerprint density at radius 1 is 1.00 bits per heavy atom. The second kappa shape index (κ2) is 5.24. The molecule has 3 heteroatoms. The van der Waals surface area contributed by atoms with Crippen LogP contribution in [-0.2, 0) is 13.0 Å². The van der Waals surface area contributed by atoms with Crippen molar-refractivity contribution in [2.24, 2.45) is 0 Å². The van der Waals surface area contributed by atoms with Gasteiger partial charge in [-0.1, -0.05) is 30.3 Å². The Morgan fingerprint density at radius 3 is 2.53 bits per heavy atom. The number of benzene rings is 2. The number of rotatable bonds is 4. The minimum absolute atomic E-state index is 0.917. The Kier molecular flexibility index (Phi) is 3.29. The van der Waals surface area contributed by atoms with Crippen molar-refractivity contribution < 1.29 is 0 Å². The molecule has 0 aliphatic carbocycles. The summed E-state index contributed by atoms with van der Waals surface area (Å²) in [5.74, 6) is 0. The molecule has 0 radical (unpaired) electrons. The van der Waals surface area contributed by atoms with Gasteiger partial charge in [0.05, 0.1) is 17.4 Å². The number of nitrogens with one attached hydrogen (secondary N) is 2. The van der Waals surface area contributed by atoms with Crippen LogP contribution in [0.1, 0.15) is 16.7 Å². The first-order valence-electron chi connectivity index (χ1n) is 6.49. The van der Waals surface area contributed by atoms with E-state index in [2.05, 4.69) is 57.7 Å². The molecule has 96 valence electrons. The summed E-state index contributed by atoms with van der Waals surface area (Å²) in [4.78, 5) is 7.39. The molecule has 3 aromatic rings. The number of nitrogens with zero attached hydrogens (tertiary/aromatic N) is 1. The van der Waals surface area contributed by atoms with Crippen molar-refractivity contribution in [3.63, 3.8) is 0 Å². The highest BCUT2D eigenvalue weighted by Crippen LogP contribution is 2.15. The molecule has 0 unspecified atom stereocenters. The monoisotopic (exact) mass is 251 g/mol. The average molecular weight is 251 g/mol. The Hall–Kier alpha value is -2.13. The molecule has 3 rings (SSSR count). The van der Waals surface area contributed by atoms with Crippen LogP contribution in [0, 0.1) is 0 Å². The van der Waals surface area contributed by atoms with Gasteiger partial charge in [-0.25, -0.2) is 4.98 Å². The smallest absolute Gasteiger partial charge is 0.0931 e. The van der Waals surface area contributed by atoms with E-state index in [0.29, 0.717) is 0 Å². The van der Waals surface area contributed by atoms with Gasteiger partial charge in [0.1, 0.15) is 0 Å². The molecule has 3 nitrogen and oxygen atoms in total. The fourth-order valence-electron chi connectivity index (χ4n) is 2.31. The molecule has 0 saturated heterocycles. The lowest BCUT2D eigenvalue weighted by molar-refractivity contribution is 0.817. The summed E-state index contributed by atoms with van der Waals surface area (Å²) in [5, 5.41) is 3.16. The maximum absolute atomic E-state index is 4.24. The minimum atomic E-state index is 0.917. The number of H-pyrrole nitrogens is 1. The summed E-state index contributed by atoms with van der Waals surface area (Å²) in [6.07, 6.45) is 2.69. The van der Waals surface area contributed by atoms with Gasteiger partial charge < -0.3 is 10.3 Å². The molecule has 1 heterocycles. The van der Waals surface area contributed by atoms with Crippen LogP contribution in [0.3, 0.4) is 0 Å². The van der Waals surface area contributed by atoms with Gasteiger partial charge in [0.25, 0.3) is 0 Å². The number of fused-ring (bicyclic) bond motifs is 1. The van der Waals surface area contributed by atoms with Crippen LogP contribution in [-0.4, -0.2) is 17.0 Å². The van der Waals surface area contributed by atoms with Gasteiger partial charge in [-0.05, 0) is 42.3 Å². The zero-order chi connectivity index (χ0) is 13.1. The predicted molar refractivity (Wildman–Crippen MR) is 78.1 cm³/mol. The van der Waals surface area contributed by atoms with Crippen LogP contribution in [0.4, 0.5) is 0 Å². The first-order valence-corrected chi connectivity index (χ1v) is 6.49. The molecule has 0 amide bonds. The van der Waals surface area contributed by atoms with E-state index in [1.165, 1.54) is 16.7 Å². The van der Waals surface area contributed by atoms with Gasteiger partial charge in [0, 0.05) is 6.54 Å². The van der Waals surface area contributed by atoms with Crippen LogP contribution in [0.2, 0.25) is 0 Å². The first kappa shape index (κ1) is 11.9. The van der Waals surface area contributed by atoms with Crippen molar-refractivity contribution in [1.82, 2.24) is 15.3 Å². The molecule has 0 saturated carbocycles. The van der Waals surface area contributed by atoms with E-state index >= 15 is 0 Å². The highest BCUT2D eigenvalue weighted by Gasteiger charge is 2.00. The van der Waals surface area contributed by atoms with E-state index in [0.717, 1.165) is 24.0 Å². The predicted octanol–water partition coefficient (Wildman–Crippen LogP) is 2.87. The second-order valence-corrected chi connectivity index (χ2v) is 4.78. The quantitative estimate of drug-likeness (QED) is 0.748. The number of aromatic nitrogens is 2. The van der Waals surface area contributed by atoms with Crippen molar-refractivity contribution in [3.8, 4) is 0 Å². The molecular formula is C16H17N3. The second-order valence-electron chi connectivity index (χ2n) is 4.78. The first-order chi connectivity index (χ1) is 9.35. The lowest BCUT2D eigenvalue weighted by atomic mass is 10.0. The summed E-state index contributed by atoms with van der Waals surface area (Å²) in [6.45, 7) is 0.917. The Morgan fingerprint density at radius 2 is 1.74 bits per heavy atom. The lowest BCUT2D eigenvalue weighted by Crippen LogP contribution is -2.04. The fourth-order valence-corrected chi connectivity index (χ4v) is 2.31. The van der Waals surface area contributed by atoms with Gasteiger partial charge in [0.2, 0.25) is 0 Å². The van der Waals surface area contributed by atoms with E-state index in [4.69, 9.17) is 0 Å². The van der Waals surface area contributed by atoms with Gasteiger partial charge >= 0.3 is 0 Å². The maximum Gasteiger partial charge on any atom is 0.0931 e. The van der Waals surface area contributed by atoms with Gasteiger partial charge in [-0.2, -0.15) is 0 Å². The van der Waals surface area contributed by atoms with Crippen molar-refractivity contribution in [1.29, 1.82) is 0 Å². The molecule has 0 aliphatic rings. The third kappa shape index (κ3) is 2.66. The average Bonchev–Trinajstić information content (AvgIpc) is 2.89. The summed E-state index contributed by atoms with van der Waals surface area (Å²) < 4.78 is 0. The standard InChI is InChI=1S/C16H17N3/c1-17-10-13-4-2-12(3-5-13)8-14-6-7-15-16(9-14)19-11-18-15/h2-7,9,11,17H,8,10H2,1H3,(H,18,19). The lowest BCUT2D eigenvalue weighted by Gasteiger charge is -2.04. The summed E-state index contributed by atoms with van der Waals surface area (Å²) in [7, 11) is 1.97. The molecule has 0 bridgehead atoms. The third-order valence-electron chi connectivity index (χ3n) is 3.30. The molecule has 0 spiro atoms. The normalized spacial score (nSPS) is 11.0. The van der Waals surface area contributed by atoms with Crippen molar-refractivity contribution in [2.45, 2.75) is 13.0 Å². The van der Waals surface area contributed by atoms with Crippen molar-refractivity contribution >= 4 is 11.0 Å². The van der Waals surface area contributed by atoms with E-state index in [-0.39, 0.29) is 0 Å². The molecule has 1 aromatic heterocycles. The number of hydrogen-bond acceptors (Lipinski definition) is 2. The SMILES string of the molecule is CNCc1ccc(Cc2ccc3nc[nH]c3c2)cc1. The third-order valence-corrected chi connectivity index (χ3v) is 3.30. The Bertz CT molecular complexity index is 668. The minimum Gasteiger partial charge on any atom is -0.345 e. The molecular weight excluding hydrogens is 234 g/mol. The molecule has 2 N–H and O–H groups in total. The topological polar surface area (TPSA) is 40.7 Å². The van der Waals surface area contributed by atoms with E-state index in [9.17, 15) is 0 Å². The Labute approximate surface area is 112 Å². The van der Waals surface area contributed by atoms with Crippen LogP contribution in [0.25, 0.3) is 11.0 Å². The van der Waals surface area contributed by atoms with Crippen LogP contribution in [0.15, 0.2) is 48.8 Å². The van der Waals surface area contributed by atoms with E-state index in [1.54, 1.807) is 6.33 Å². The van der Waals surface area contributed by atoms with Gasteiger partial charge in [-0.3, -0.25) is 0 Å². The Balaban J connectivity index is 1.79. The van der Waals surface area contributed by atoms with Crippen molar-refractivity contribution in [3.05, 3.63) is 65.5 Å². The van der Waals surface area contributed by atoms with Crippen LogP contribution in [0.5, 0.6) is 0 Å². The highest BCUT2D eigenvalue weighted by atomic mass is 14.9. The zero-order valence-corrected chi connectivity index (χ0v) is 11.0. The van der Waals surface area contributed by atoms with Crippen LogP contribution < -0.4 is 5.32 Å². The molecule has 0 fully saturated rings. The van der Waals surface area contributed by atoms with Crippen molar-refractivity contribution in [2.75, 3.05) is 7.05 Å². The van der Waals surface area contributed by atoms with Gasteiger partial charge in [0.15, 0.2) is 0 Å². The molecule has 2 aromatic carbocycles. The number of aromatic amines is 1. The summed E-state index contributed by atoms with van der Waals surface area (Å²) in [6, 6.07) is 15.1. The number of imidazole rings is 1. The maximum atomic E-state index is 4.24. The molecule has 0 aliphatic heterocycles. The molecule has 0 atom stereocenters. The summed E-state index contributed by atoms with van der Waals surface area (Å²) in [5.41, 5.74) is 6.07. The highest BCUT2D eigenvalue weighted by molar-refractivity contribution is 5.75.